The number of benzene rings is 1. The molecule has 0 heterocycles. The maximum atomic E-state index is 14.0. The van der Waals surface area contributed by atoms with Gasteiger partial charge in [0.1, 0.15) is 22.8 Å². The number of anilines is 1. The lowest BCUT2D eigenvalue weighted by molar-refractivity contribution is -0.148. The predicted octanol–water partition coefficient (Wildman–Crippen LogP) is 1.07. The van der Waals surface area contributed by atoms with Crippen LogP contribution in [0.1, 0.15) is 41.8 Å². The van der Waals surface area contributed by atoms with E-state index in [0.29, 0.717) is 11.3 Å². The third-order valence-corrected chi connectivity index (χ3v) is 8.23. The van der Waals surface area contributed by atoms with Crippen LogP contribution in [0.3, 0.4) is 0 Å². The van der Waals surface area contributed by atoms with Crippen molar-refractivity contribution in [3.63, 3.8) is 0 Å². The first kappa shape index (κ1) is 30.8. The summed E-state index contributed by atoms with van der Waals surface area (Å²) in [6.07, 6.45) is -0.559. The summed E-state index contributed by atoms with van der Waals surface area (Å²) in [4.78, 5) is 55.1. The molecule has 3 aliphatic rings. The van der Waals surface area contributed by atoms with Gasteiger partial charge < -0.3 is 41.1 Å². The number of phenolic OH excluding ortho intramolecular Hbond substituents is 1. The highest BCUT2D eigenvalue weighted by molar-refractivity contribution is 6.25. The second-order valence-corrected chi connectivity index (χ2v) is 12.0. The van der Waals surface area contributed by atoms with Gasteiger partial charge in [0.05, 0.1) is 18.2 Å². The summed E-state index contributed by atoms with van der Waals surface area (Å²) in [6, 6.07) is 0.583. The van der Waals surface area contributed by atoms with E-state index in [1.54, 1.807) is 39.2 Å². The number of nitrogens with one attached hydrogen (secondary N) is 1. The Morgan fingerprint density at radius 3 is 2.36 bits per heavy atom. The Bertz CT molecular complexity index is 1430. The second kappa shape index (κ2) is 11.0. The van der Waals surface area contributed by atoms with Gasteiger partial charge in [-0.25, -0.2) is 4.79 Å². The zero-order valence-corrected chi connectivity index (χ0v) is 24.5. The summed E-state index contributed by atoms with van der Waals surface area (Å²) in [5, 5.41) is 47.9. The Labute approximate surface area is 243 Å². The number of ketones is 2. The molecule has 228 valence electrons. The van der Waals surface area contributed by atoms with E-state index in [-0.39, 0.29) is 48.6 Å². The van der Waals surface area contributed by atoms with Crippen molar-refractivity contribution in [1.82, 2.24) is 10.2 Å². The average Bonchev–Trinajstić information content (AvgIpc) is 2.88. The maximum Gasteiger partial charge on any atom is 0.407 e. The minimum Gasteiger partial charge on any atom is -0.510 e. The van der Waals surface area contributed by atoms with Crippen LogP contribution in [0.5, 0.6) is 5.75 Å². The number of hydrogen-bond donors (Lipinski definition) is 6. The van der Waals surface area contributed by atoms with Gasteiger partial charge in [0.25, 0.3) is 5.91 Å². The number of aliphatic hydroxyl groups excluding tert-OH is 2. The Morgan fingerprint density at radius 1 is 1.17 bits per heavy atom. The number of aliphatic hydroxyl groups is 3. The Hall–Kier alpha value is -4.10. The van der Waals surface area contributed by atoms with E-state index in [9.17, 15) is 39.6 Å². The number of allylic oxidation sites excluding steroid dienone is 1. The molecule has 7 N–H and O–H groups in total. The number of alkyl carbamates (subject to hydrolysis) is 1. The molecule has 42 heavy (non-hydrogen) atoms. The number of phenols is 1. The Balaban J connectivity index is 1.84. The topological polar surface area (TPSA) is 203 Å². The van der Waals surface area contributed by atoms with Crippen molar-refractivity contribution in [1.29, 1.82) is 0 Å². The maximum absolute atomic E-state index is 14.0. The molecule has 0 spiro atoms. The molecule has 13 heteroatoms. The van der Waals surface area contributed by atoms with Crippen molar-refractivity contribution in [3.05, 3.63) is 45.4 Å². The Kier molecular flexibility index (Phi) is 8.04. The van der Waals surface area contributed by atoms with E-state index in [1.807, 2.05) is 13.8 Å². The van der Waals surface area contributed by atoms with E-state index in [2.05, 4.69) is 5.32 Å². The van der Waals surface area contributed by atoms with E-state index < -0.39 is 69.9 Å². The van der Waals surface area contributed by atoms with Gasteiger partial charge >= 0.3 is 6.09 Å². The summed E-state index contributed by atoms with van der Waals surface area (Å²) < 4.78 is 5.12. The number of primary amides is 1. The normalized spacial score (nSPS) is 25.3. The number of fused-ring (bicyclic) bond motifs is 3. The van der Waals surface area contributed by atoms with Crippen molar-refractivity contribution in [2.75, 3.05) is 39.7 Å². The van der Waals surface area contributed by atoms with Crippen LogP contribution in [0, 0.1) is 17.8 Å². The Morgan fingerprint density at radius 2 is 1.81 bits per heavy atom. The van der Waals surface area contributed by atoms with E-state index in [1.165, 1.54) is 4.90 Å². The first-order chi connectivity index (χ1) is 19.5. The number of Topliss-reactive ketones (excluding diaryl/α,β-unsaturated/α-hetero) is 2. The monoisotopic (exact) mass is 586 g/mol. The molecule has 1 aromatic rings. The van der Waals surface area contributed by atoms with Gasteiger partial charge in [0.15, 0.2) is 11.4 Å². The first-order valence-corrected chi connectivity index (χ1v) is 13.6. The summed E-state index contributed by atoms with van der Waals surface area (Å²) >= 11 is 0. The van der Waals surface area contributed by atoms with Crippen LogP contribution in [-0.2, 0) is 27.3 Å². The van der Waals surface area contributed by atoms with Gasteiger partial charge in [-0.1, -0.05) is 13.8 Å². The fourth-order valence-electron chi connectivity index (χ4n) is 6.35. The van der Waals surface area contributed by atoms with Crippen LogP contribution in [0.15, 0.2) is 28.7 Å². The second-order valence-electron chi connectivity index (χ2n) is 12.0. The summed E-state index contributed by atoms with van der Waals surface area (Å²) in [6.45, 7) is 3.79. The third kappa shape index (κ3) is 4.75. The minimum absolute atomic E-state index is 0.00953. The molecule has 0 aliphatic heterocycles. The first-order valence-electron chi connectivity index (χ1n) is 13.6. The van der Waals surface area contributed by atoms with Crippen molar-refractivity contribution in [2.45, 2.75) is 44.9 Å². The van der Waals surface area contributed by atoms with Crippen LogP contribution >= 0.6 is 0 Å². The van der Waals surface area contributed by atoms with Gasteiger partial charge in [-0.15, -0.1) is 0 Å². The molecule has 0 saturated carbocycles. The van der Waals surface area contributed by atoms with Gasteiger partial charge in [0, 0.05) is 43.4 Å². The summed E-state index contributed by atoms with van der Waals surface area (Å²) in [7, 11) is 6.65. The van der Waals surface area contributed by atoms with Crippen LogP contribution in [0.25, 0.3) is 0 Å². The number of hydrogen-bond acceptors (Lipinski definition) is 11. The van der Waals surface area contributed by atoms with Gasteiger partial charge in [-0.05, 0) is 50.4 Å². The van der Waals surface area contributed by atoms with Crippen LogP contribution in [-0.4, -0.2) is 95.3 Å². The number of aromatic hydroxyl groups is 1. The molecular weight excluding hydrogens is 548 g/mol. The van der Waals surface area contributed by atoms with Crippen LogP contribution < -0.4 is 16.0 Å². The molecule has 0 unspecified atom stereocenters. The molecule has 0 bridgehead atoms. The zero-order chi connectivity index (χ0) is 31.4. The minimum atomic E-state index is -2.72. The number of amides is 2. The van der Waals surface area contributed by atoms with Crippen molar-refractivity contribution in [2.24, 2.45) is 23.5 Å². The SMILES string of the molecule is CC(C)COC(=O)NCc1cc(N(C)C)c2c(c1O)C(=O)C1=C(O)[C@]3(O)C(=O)C(C(N)=O)=C(O)[C@H](N(C)C)[C@@H]3C[C@@H]1C2. The van der Waals surface area contributed by atoms with E-state index >= 15 is 0 Å². The van der Waals surface area contributed by atoms with Gasteiger partial charge in [-0.2, -0.15) is 0 Å². The lowest BCUT2D eigenvalue weighted by Gasteiger charge is -2.50. The standard InChI is InChI=1S/C29H38N4O9/c1-12(2)11-42-28(40)31-10-14-9-17(32(3)4)15-7-13-8-16-21(33(5)6)24(36)20(27(30)39)26(38)29(16,41)25(37)18(13)23(35)19(15)22(14)34/h9,12-13,16,21,34,36-37,41H,7-8,10-11H2,1-6H3,(H2,30,39)(H,31,40)/t13-,16-,21+,29-/m0/s1. The number of nitrogens with zero attached hydrogens (tertiary/aromatic N) is 2. The van der Waals surface area contributed by atoms with Gasteiger partial charge in [0.2, 0.25) is 5.78 Å². The molecule has 4 rings (SSSR count). The van der Waals surface area contributed by atoms with E-state index in [0.717, 1.165) is 0 Å². The molecule has 0 aromatic heterocycles. The molecule has 0 radical (unpaired) electrons. The predicted molar refractivity (Wildman–Crippen MR) is 151 cm³/mol. The largest absolute Gasteiger partial charge is 0.510 e. The highest BCUT2D eigenvalue weighted by atomic mass is 16.5. The van der Waals surface area contributed by atoms with Crippen molar-refractivity contribution < 1.29 is 44.3 Å². The number of carbonyl (C=O) groups is 4. The zero-order valence-electron chi connectivity index (χ0n) is 24.5. The molecule has 0 saturated heterocycles. The number of ether oxygens (including phenoxy) is 1. The lowest BCUT2D eigenvalue weighted by atomic mass is 9.58. The highest BCUT2D eigenvalue weighted by Gasteiger charge is 2.63. The fourth-order valence-corrected chi connectivity index (χ4v) is 6.35. The molecule has 2 amide bonds. The van der Waals surface area contributed by atoms with Crippen molar-refractivity contribution in [3.8, 4) is 5.75 Å². The lowest BCUT2D eigenvalue weighted by Crippen LogP contribution is -2.63. The summed E-state index contributed by atoms with van der Waals surface area (Å²) in [5.74, 6) is -7.05. The smallest absolute Gasteiger partial charge is 0.407 e. The molecule has 13 nitrogen and oxygen atoms in total. The molecular formula is C29H38N4O9. The van der Waals surface area contributed by atoms with Crippen molar-refractivity contribution >= 4 is 29.3 Å². The number of nitrogens with two attached hydrogens (primary N) is 1. The highest BCUT2D eigenvalue weighted by Crippen LogP contribution is 2.53. The van der Waals surface area contributed by atoms with E-state index in [4.69, 9.17) is 10.5 Å². The third-order valence-electron chi connectivity index (χ3n) is 8.23. The number of carbonyl (C=O) groups excluding carboxylic acids is 4. The molecule has 1 aromatic carbocycles. The van der Waals surface area contributed by atoms with Gasteiger partial charge in [-0.3, -0.25) is 19.3 Å². The number of likely N-dealkylation sites (N-methyl/N-ethyl adjacent to an activating group) is 1. The average molecular weight is 587 g/mol. The quantitative estimate of drug-likeness (QED) is 0.249. The summed E-state index contributed by atoms with van der Waals surface area (Å²) in [5.41, 5.74) is 2.70. The molecule has 3 aliphatic carbocycles. The van der Waals surface area contributed by atoms with Crippen LogP contribution in [0.2, 0.25) is 0 Å². The fraction of sp³-hybridized carbons (Fsp3) is 0.517. The number of rotatable bonds is 7. The molecule has 4 atom stereocenters. The van der Waals surface area contributed by atoms with Crippen LogP contribution in [0.4, 0.5) is 10.5 Å². The molecule has 0 fully saturated rings.